The van der Waals surface area contributed by atoms with Gasteiger partial charge in [-0.15, -0.1) is 0 Å². The van der Waals surface area contributed by atoms with E-state index < -0.39 is 0 Å². The van der Waals surface area contributed by atoms with Crippen LogP contribution in [0.25, 0.3) is 0 Å². The summed E-state index contributed by atoms with van der Waals surface area (Å²) in [5.74, 6) is 1.03. The summed E-state index contributed by atoms with van der Waals surface area (Å²) < 4.78 is 6.60. The molecule has 1 aromatic carbocycles. The molecule has 21 heavy (non-hydrogen) atoms. The van der Waals surface area contributed by atoms with E-state index in [1.807, 2.05) is 19.2 Å². The van der Waals surface area contributed by atoms with Crippen LogP contribution in [0.15, 0.2) is 51.6 Å². The molecule has 0 saturated carbocycles. The van der Waals surface area contributed by atoms with E-state index in [0.717, 1.165) is 31.8 Å². The van der Waals surface area contributed by atoms with Crippen LogP contribution >= 0.6 is 15.9 Å². The van der Waals surface area contributed by atoms with Crippen molar-refractivity contribution >= 4 is 15.9 Å². The second-order valence-corrected chi connectivity index (χ2v) is 5.95. The average molecular weight is 351 g/mol. The first-order valence-electron chi connectivity index (χ1n) is 7.41. The molecule has 0 saturated heterocycles. The predicted octanol–water partition coefficient (Wildman–Crippen LogP) is 4.21. The van der Waals surface area contributed by atoms with Gasteiger partial charge in [-0.1, -0.05) is 41.1 Å². The summed E-state index contributed by atoms with van der Waals surface area (Å²) in [6.07, 6.45) is 2.80. The summed E-state index contributed by atoms with van der Waals surface area (Å²) in [6, 6.07) is 12.7. The minimum atomic E-state index is 0.353. The molecule has 0 bridgehead atoms. The average Bonchev–Trinajstić information content (AvgIpc) is 3.01. The van der Waals surface area contributed by atoms with Crippen molar-refractivity contribution in [1.29, 1.82) is 0 Å². The second kappa shape index (κ2) is 8.37. The molecule has 2 aromatic rings. The van der Waals surface area contributed by atoms with E-state index in [9.17, 15) is 0 Å². The molecule has 1 heterocycles. The molecule has 0 fully saturated rings. The molecule has 1 unspecified atom stereocenters. The van der Waals surface area contributed by atoms with Gasteiger partial charge in [-0.05, 0) is 43.8 Å². The van der Waals surface area contributed by atoms with E-state index in [0.29, 0.717) is 6.04 Å². The first-order chi connectivity index (χ1) is 10.2. The quantitative estimate of drug-likeness (QED) is 0.772. The van der Waals surface area contributed by atoms with Crippen molar-refractivity contribution in [3.05, 3.63) is 58.5 Å². The van der Waals surface area contributed by atoms with Gasteiger partial charge in [0.1, 0.15) is 5.76 Å². The summed E-state index contributed by atoms with van der Waals surface area (Å²) in [7, 11) is 2.02. The SMILES string of the molecule is CCN(CCC(NC)c1ccccc1Br)Cc1ccco1. The van der Waals surface area contributed by atoms with E-state index in [1.54, 1.807) is 6.26 Å². The molecule has 4 heteroatoms. The Morgan fingerprint density at radius 3 is 2.67 bits per heavy atom. The van der Waals surface area contributed by atoms with Crippen molar-refractivity contribution < 1.29 is 4.42 Å². The van der Waals surface area contributed by atoms with Crippen LogP contribution in [0.3, 0.4) is 0 Å². The van der Waals surface area contributed by atoms with Crippen LogP contribution in [0, 0.1) is 0 Å². The number of nitrogens with one attached hydrogen (secondary N) is 1. The van der Waals surface area contributed by atoms with Crippen molar-refractivity contribution in [3.8, 4) is 0 Å². The van der Waals surface area contributed by atoms with Gasteiger partial charge in [-0.2, -0.15) is 0 Å². The summed E-state index contributed by atoms with van der Waals surface area (Å²) in [5, 5.41) is 3.42. The third-order valence-corrected chi connectivity index (χ3v) is 4.49. The van der Waals surface area contributed by atoms with Crippen LogP contribution in [0.1, 0.15) is 30.7 Å². The molecule has 0 amide bonds. The van der Waals surface area contributed by atoms with E-state index in [4.69, 9.17) is 4.42 Å². The van der Waals surface area contributed by atoms with Gasteiger partial charge < -0.3 is 9.73 Å². The number of hydrogen-bond acceptors (Lipinski definition) is 3. The number of halogens is 1. The number of benzene rings is 1. The summed E-state index contributed by atoms with van der Waals surface area (Å²) in [6.45, 7) is 5.11. The zero-order valence-corrected chi connectivity index (χ0v) is 14.3. The van der Waals surface area contributed by atoms with Crippen molar-refractivity contribution in [2.24, 2.45) is 0 Å². The Morgan fingerprint density at radius 1 is 1.24 bits per heavy atom. The number of nitrogens with zero attached hydrogens (tertiary/aromatic N) is 1. The van der Waals surface area contributed by atoms with Crippen molar-refractivity contribution in [1.82, 2.24) is 10.2 Å². The minimum absolute atomic E-state index is 0.353. The van der Waals surface area contributed by atoms with E-state index in [-0.39, 0.29) is 0 Å². The van der Waals surface area contributed by atoms with Crippen molar-refractivity contribution in [2.75, 3.05) is 20.1 Å². The smallest absolute Gasteiger partial charge is 0.117 e. The Hall–Kier alpha value is -1.10. The molecule has 0 aliphatic rings. The number of rotatable bonds is 8. The van der Waals surface area contributed by atoms with Crippen LogP contribution < -0.4 is 5.32 Å². The lowest BCUT2D eigenvalue weighted by atomic mass is 10.0. The van der Waals surface area contributed by atoms with E-state index in [2.05, 4.69) is 57.3 Å². The lowest BCUT2D eigenvalue weighted by Gasteiger charge is -2.24. The molecular formula is C17H23BrN2O. The molecule has 1 N–H and O–H groups in total. The molecular weight excluding hydrogens is 328 g/mol. The van der Waals surface area contributed by atoms with Crippen molar-refractivity contribution in [3.63, 3.8) is 0 Å². The Balaban J connectivity index is 1.94. The molecule has 1 atom stereocenters. The summed E-state index contributed by atoms with van der Waals surface area (Å²) >= 11 is 3.64. The number of furan rings is 1. The molecule has 0 aliphatic heterocycles. The Bertz CT molecular complexity index is 527. The lowest BCUT2D eigenvalue weighted by Crippen LogP contribution is -2.28. The highest BCUT2D eigenvalue weighted by molar-refractivity contribution is 9.10. The van der Waals surface area contributed by atoms with Gasteiger partial charge in [0.25, 0.3) is 0 Å². The van der Waals surface area contributed by atoms with Gasteiger partial charge in [0.2, 0.25) is 0 Å². The molecule has 3 nitrogen and oxygen atoms in total. The highest BCUT2D eigenvalue weighted by Gasteiger charge is 2.14. The Morgan fingerprint density at radius 2 is 2.05 bits per heavy atom. The largest absolute Gasteiger partial charge is 0.468 e. The van der Waals surface area contributed by atoms with Crippen molar-refractivity contribution in [2.45, 2.75) is 25.9 Å². The maximum atomic E-state index is 5.44. The van der Waals surface area contributed by atoms with Gasteiger partial charge >= 0.3 is 0 Å². The van der Waals surface area contributed by atoms with Gasteiger partial charge in [0.15, 0.2) is 0 Å². The molecule has 2 rings (SSSR count). The molecule has 114 valence electrons. The topological polar surface area (TPSA) is 28.4 Å². The van der Waals surface area contributed by atoms with Gasteiger partial charge in [0.05, 0.1) is 12.8 Å². The monoisotopic (exact) mass is 350 g/mol. The number of hydrogen-bond donors (Lipinski definition) is 1. The van der Waals surface area contributed by atoms with Crippen LogP contribution in [0.4, 0.5) is 0 Å². The maximum absolute atomic E-state index is 5.44. The third kappa shape index (κ3) is 4.70. The van der Waals surface area contributed by atoms with Crippen LogP contribution in [-0.2, 0) is 6.54 Å². The highest BCUT2D eigenvalue weighted by Crippen LogP contribution is 2.25. The fraction of sp³-hybridized carbons (Fsp3) is 0.412. The van der Waals surface area contributed by atoms with Gasteiger partial charge in [-0.25, -0.2) is 0 Å². The molecule has 0 radical (unpaired) electrons. The minimum Gasteiger partial charge on any atom is -0.468 e. The second-order valence-electron chi connectivity index (χ2n) is 5.10. The first kappa shape index (κ1) is 16.3. The zero-order chi connectivity index (χ0) is 15.1. The molecule has 0 spiro atoms. The standard InChI is InChI=1S/C17H23BrN2O/c1-3-20(13-14-7-6-12-21-14)11-10-17(19-2)15-8-4-5-9-16(15)18/h4-9,12,17,19H,3,10-11,13H2,1-2H3. The highest BCUT2D eigenvalue weighted by atomic mass is 79.9. The lowest BCUT2D eigenvalue weighted by molar-refractivity contribution is 0.242. The fourth-order valence-electron chi connectivity index (χ4n) is 2.50. The van der Waals surface area contributed by atoms with E-state index in [1.165, 1.54) is 10.0 Å². The van der Waals surface area contributed by atoms with Crippen LogP contribution in [-0.4, -0.2) is 25.0 Å². The maximum Gasteiger partial charge on any atom is 0.117 e. The van der Waals surface area contributed by atoms with E-state index >= 15 is 0 Å². The van der Waals surface area contributed by atoms with Crippen LogP contribution in [0.5, 0.6) is 0 Å². The molecule has 0 aliphatic carbocycles. The third-order valence-electron chi connectivity index (χ3n) is 3.77. The normalized spacial score (nSPS) is 12.8. The van der Waals surface area contributed by atoms with Gasteiger partial charge in [0, 0.05) is 17.1 Å². The zero-order valence-electron chi connectivity index (χ0n) is 12.7. The first-order valence-corrected chi connectivity index (χ1v) is 8.20. The molecule has 1 aromatic heterocycles. The fourth-order valence-corrected chi connectivity index (χ4v) is 3.06. The Labute approximate surface area is 135 Å². The van der Waals surface area contributed by atoms with Gasteiger partial charge in [-0.3, -0.25) is 4.90 Å². The summed E-state index contributed by atoms with van der Waals surface area (Å²) in [4.78, 5) is 2.40. The summed E-state index contributed by atoms with van der Waals surface area (Å²) in [5.41, 5.74) is 1.31. The Kier molecular flexibility index (Phi) is 6.49. The van der Waals surface area contributed by atoms with Crippen LogP contribution in [0.2, 0.25) is 0 Å². The predicted molar refractivity (Wildman–Crippen MR) is 90.2 cm³/mol.